The van der Waals surface area contributed by atoms with E-state index in [-0.39, 0.29) is 0 Å². The Kier molecular flexibility index (Phi) is 13.5. The molecule has 8 heteroatoms. The minimum Gasteiger partial charge on any atom is -0.741 e. The third kappa shape index (κ3) is 15.6. The number of alkyl halides is 3. The fourth-order valence-corrected chi connectivity index (χ4v) is 0.856. The molecule has 0 fully saturated rings. The van der Waals surface area contributed by atoms with E-state index in [1.165, 1.54) is 25.7 Å². The normalized spacial score (nSPS) is 18.1. The zero-order valence-electron chi connectivity index (χ0n) is 10.7. The average molecular weight is 405 g/mol. The van der Waals surface area contributed by atoms with Crippen molar-refractivity contribution in [3.63, 3.8) is 0 Å². The summed E-state index contributed by atoms with van der Waals surface area (Å²) in [5.41, 5.74) is -5.65. The Morgan fingerprint density at radius 3 is 1.40 bits per heavy atom. The third-order valence-corrected chi connectivity index (χ3v) is 2.72. The maximum absolute atomic E-state index is 10.7. The molecule has 1 rings (SSSR count). The average Bonchev–Trinajstić information content (AvgIpc) is 2.26. The summed E-state index contributed by atoms with van der Waals surface area (Å²) in [5, 5.41) is 0. The van der Waals surface area contributed by atoms with Crippen molar-refractivity contribution >= 4 is 10.1 Å². The van der Waals surface area contributed by atoms with Crippen LogP contribution < -0.4 is 0 Å². The number of halogens is 3. The van der Waals surface area contributed by atoms with E-state index in [9.17, 15) is 13.2 Å². The molecule has 0 bridgehead atoms. The van der Waals surface area contributed by atoms with Gasteiger partial charge in [0.1, 0.15) is 0 Å². The summed E-state index contributed by atoms with van der Waals surface area (Å²) >= 11 is 2.92. The standard InChI is InChI=1S/C8H12.C3H5.CHF3O3S.Pd/c1-2-4-6-8-7-5-3-1;1-3-2;2-1(3,4)8(5,6)7;/h1-2,7-8H,3-6H2;3H,1-2H2;(H,5,6,7);/q;;;+1/p-1/b2-1-,8-7-;;;. The zero-order chi connectivity index (χ0) is 16.1. The molecule has 120 valence electrons. The first-order chi connectivity index (χ1) is 9.16. The van der Waals surface area contributed by atoms with Crippen LogP contribution >= 0.6 is 0 Å². The fourth-order valence-electron chi connectivity index (χ4n) is 0.856. The van der Waals surface area contributed by atoms with E-state index in [1.54, 1.807) is 0 Å². The van der Waals surface area contributed by atoms with Crippen LogP contribution in [0.3, 0.4) is 0 Å². The van der Waals surface area contributed by atoms with Crippen molar-refractivity contribution < 1.29 is 45.3 Å². The Balaban J connectivity index is 0. The van der Waals surface area contributed by atoms with Crippen molar-refractivity contribution in [2.24, 2.45) is 0 Å². The Bertz CT molecular complexity index is 375. The number of rotatable bonds is 1. The van der Waals surface area contributed by atoms with E-state index in [1.807, 2.05) is 6.08 Å². The van der Waals surface area contributed by atoms with Gasteiger partial charge in [-0.15, -0.1) is 0 Å². The first-order valence-electron chi connectivity index (χ1n) is 5.61. The number of allylic oxidation sites excluding steroid dienone is 5. The van der Waals surface area contributed by atoms with Crippen LogP contribution in [0, 0.1) is 0 Å². The van der Waals surface area contributed by atoms with Gasteiger partial charge in [-0.2, -0.15) is 13.2 Å². The van der Waals surface area contributed by atoms with Gasteiger partial charge in [-0.25, -0.2) is 8.42 Å². The summed E-state index contributed by atoms with van der Waals surface area (Å²) in [6.45, 7) is 3.44. The van der Waals surface area contributed by atoms with Gasteiger partial charge in [0.2, 0.25) is 0 Å². The van der Waals surface area contributed by atoms with Gasteiger partial charge < -0.3 is 4.55 Å². The van der Waals surface area contributed by atoms with Gasteiger partial charge in [0, 0.05) is 0 Å². The van der Waals surface area contributed by atoms with Crippen molar-refractivity contribution in [1.82, 2.24) is 0 Å². The van der Waals surface area contributed by atoms with Gasteiger partial charge in [0.15, 0.2) is 10.1 Å². The minimum absolute atomic E-state index is 0.933. The topological polar surface area (TPSA) is 57.2 Å². The van der Waals surface area contributed by atoms with E-state index in [0.717, 1.165) is 4.89 Å². The smallest absolute Gasteiger partial charge is 0.485 e. The molecule has 0 aromatic rings. The second-order valence-corrected chi connectivity index (χ2v) is 5.42. The monoisotopic (exact) mass is 404 g/mol. The third-order valence-electron chi connectivity index (χ3n) is 1.71. The predicted octanol–water partition coefficient (Wildman–Crippen LogP) is 3.86. The van der Waals surface area contributed by atoms with Crippen molar-refractivity contribution in [2.45, 2.75) is 36.1 Å². The molecule has 0 aromatic carbocycles. The molecule has 0 saturated carbocycles. The molecule has 3 nitrogen and oxygen atoms in total. The minimum atomic E-state index is -6.09. The Morgan fingerprint density at radius 2 is 1.30 bits per heavy atom. The van der Waals surface area contributed by atoms with E-state index in [2.05, 4.69) is 50.1 Å². The Morgan fingerprint density at radius 1 is 1.10 bits per heavy atom. The Labute approximate surface area is 128 Å². The molecule has 0 amide bonds. The van der Waals surface area contributed by atoms with Crippen LogP contribution in [0.2, 0.25) is 4.89 Å². The summed E-state index contributed by atoms with van der Waals surface area (Å²) in [4.78, 5) is 0.933. The quantitative estimate of drug-likeness (QED) is 0.288. The van der Waals surface area contributed by atoms with E-state index in [0.29, 0.717) is 0 Å². The molecule has 0 unspecified atom stereocenters. The summed E-state index contributed by atoms with van der Waals surface area (Å²) in [7, 11) is -6.09. The number of hydrogen-bond acceptors (Lipinski definition) is 3. The molecule has 0 N–H and O–H groups in total. The Hall–Kier alpha value is -0.418. The van der Waals surface area contributed by atoms with Crippen molar-refractivity contribution in [3.8, 4) is 0 Å². The SMILES string of the molecule is C1=C\CC/C=C\CC/1.C=C[CH2][Pd+].O=S(=O)([O-])C(F)(F)F. The van der Waals surface area contributed by atoms with Gasteiger partial charge in [-0.1, -0.05) is 24.3 Å². The molecule has 0 aromatic heterocycles. The second kappa shape index (κ2) is 12.3. The van der Waals surface area contributed by atoms with Crippen molar-refractivity contribution in [2.75, 3.05) is 0 Å². The molecule has 0 radical (unpaired) electrons. The van der Waals surface area contributed by atoms with Gasteiger partial charge in [-0.05, 0) is 25.7 Å². The van der Waals surface area contributed by atoms with E-state index < -0.39 is 15.6 Å². The first kappa shape index (κ1) is 21.9. The van der Waals surface area contributed by atoms with Gasteiger partial charge in [-0.3, -0.25) is 0 Å². The van der Waals surface area contributed by atoms with Crippen LogP contribution in [0.1, 0.15) is 25.7 Å². The molecule has 0 aliphatic heterocycles. The molecule has 0 atom stereocenters. The molecular weight excluding hydrogens is 388 g/mol. The van der Waals surface area contributed by atoms with E-state index >= 15 is 0 Å². The van der Waals surface area contributed by atoms with E-state index in [4.69, 9.17) is 13.0 Å². The molecule has 1 aliphatic carbocycles. The summed E-state index contributed by atoms with van der Waals surface area (Å²) < 4.78 is 58.9. The summed E-state index contributed by atoms with van der Waals surface area (Å²) in [5.74, 6) is 0. The second-order valence-electron chi connectivity index (χ2n) is 3.42. The van der Waals surface area contributed by atoms with Gasteiger partial charge >= 0.3 is 42.3 Å². The zero-order valence-corrected chi connectivity index (χ0v) is 13.1. The van der Waals surface area contributed by atoms with Crippen LogP contribution in [-0.2, 0) is 29.3 Å². The molecular formula is C12H17F3O3PdS. The van der Waals surface area contributed by atoms with Crippen LogP contribution in [0.4, 0.5) is 13.2 Å². The molecule has 20 heavy (non-hydrogen) atoms. The van der Waals surface area contributed by atoms with Crippen LogP contribution in [0.5, 0.6) is 0 Å². The fraction of sp³-hybridized carbons (Fsp3) is 0.500. The van der Waals surface area contributed by atoms with Gasteiger partial charge in [0.05, 0.1) is 0 Å². The predicted molar refractivity (Wildman–Crippen MR) is 67.5 cm³/mol. The van der Waals surface area contributed by atoms with Crippen molar-refractivity contribution in [1.29, 1.82) is 0 Å². The summed E-state index contributed by atoms with van der Waals surface area (Å²) in [6, 6.07) is 0. The van der Waals surface area contributed by atoms with Gasteiger partial charge in [0.25, 0.3) is 0 Å². The maximum atomic E-state index is 10.7. The first-order valence-corrected chi connectivity index (χ1v) is 8.12. The van der Waals surface area contributed by atoms with Crippen LogP contribution in [0.25, 0.3) is 0 Å². The largest absolute Gasteiger partial charge is 0.741 e. The number of hydrogen-bond donors (Lipinski definition) is 0. The summed E-state index contributed by atoms with van der Waals surface area (Å²) in [6.07, 6.45) is 15.8. The molecule has 0 saturated heterocycles. The van der Waals surface area contributed by atoms with Crippen LogP contribution in [0.15, 0.2) is 37.0 Å². The molecule has 0 heterocycles. The molecule has 1 aliphatic rings. The molecule has 0 spiro atoms. The maximum Gasteiger partial charge on any atom is 0.485 e. The van der Waals surface area contributed by atoms with Crippen LogP contribution in [-0.4, -0.2) is 18.5 Å². The van der Waals surface area contributed by atoms with Crippen molar-refractivity contribution in [3.05, 3.63) is 37.0 Å².